The van der Waals surface area contributed by atoms with E-state index in [1.165, 1.54) is 6.42 Å². The van der Waals surface area contributed by atoms with Gasteiger partial charge >= 0.3 is 0 Å². The van der Waals surface area contributed by atoms with Crippen LogP contribution in [0.2, 0.25) is 0 Å². The highest BCUT2D eigenvalue weighted by Crippen LogP contribution is 2.31. The molecule has 1 fully saturated rings. The third-order valence-electron chi connectivity index (χ3n) is 3.99. The molecule has 0 atom stereocenters. The van der Waals surface area contributed by atoms with Gasteiger partial charge in [0.1, 0.15) is 0 Å². The van der Waals surface area contributed by atoms with Crippen molar-refractivity contribution in [3.8, 4) is 0 Å². The molecule has 1 aromatic carbocycles. The van der Waals surface area contributed by atoms with Gasteiger partial charge in [0, 0.05) is 23.6 Å². The molecule has 0 spiro atoms. The molecule has 0 aromatic heterocycles. The molecule has 18 heavy (non-hydrogen) atoms. The fourth-order valence-corrected chi connectivity index (χ4v) is 2.63. The summed E-state index contributed by atoms with van der Waals surface area (Å²) in [5.41, 5.74) is 2.79. The maximum Gasteiger partial charge on any atom is 0.224 e. The summed E-state index contributed by atoms with van der Waals surface area (Å²) in [5.74, 6) is 0.592. The number of ketones is 1. The molecule has 0 bridgehead atoms. The third kappa shape index (κ3) is 2.05. The van der Waals surface area contributed by atoms with E-state index in [4.69, 9.17) is 0 Å². The van der Waals surface area contributed by atoms with Crippen molar-refractivity contribution in [2.24, 2.45) is 5.92 Å². The van der Waals surface area contributed by atoms with Crippen molar-refractivity contribution < 1.29 is 9.59 Å². The smallest absolute Gasteiger partial charge is 0.224 e. The number of hydrogen-bond donors (Lipinski definition) is 1. The van der Waals surface area contributed by atoms with Gasteiger partial charge in [-0.2, -0.15) is 0 Å². The molecular weight excluding hydrogens is 226 g/mol. The summed E-state index contributed by atoms with van der Waals surface area (Å²) in [6.45, 7) is 0. The van der Waals surface area contributed by atoms with Crippen LogP contribution in [0.4, 0.5) is 5.69 Å². The van der Waals surface area contributed by atoms with E-state index in [-0.39, 0.29) is 17.6 Å². The lowest BCUT2D eigenvalue weighted by molar-refractivity contribution is -0.116. The van der Waals surface area contributed by atoms with Crippen LogP contribution in [0.25, 0.3) is 0 Å². The number of benzene rings is 1. The van der Waals surface area contributed by atoms with Crippen LogP contribution < -0.4 is 5.32 Å². The first-order valence-corrected chi connectivity index (χ1v) is 6.71. The number of carbonyl (C=O) groups excluding carboxylic acids is 2. The first-order valence-electron chi connectivity index (χ1n) is 6.71. The van der Waals surface area contributed by atoms with E-state index >= 15 is 0 Å². The van der Waals surface area contributed by atoms with Crippen molar-refractivity contribution in [3.63, 3.8) is 0 Å². The fourth-order valence-electron chi connectivity index (χ4n) is 2.63. The number of rotatable bonds is 2. The van der Waals surface area contributed by atoms with E-state index in [2.05, 4.69) is 5.32 Å². The molecule has 3 nitrogen and oxygen atoms in total. The molecule has 2 aliphatic rings. The normalized spacial score (nSPS) is 19.4. The minimum atomic E-state index is 0.0758. The first-order chi connectivity index (χ1) is 8.74. The Morgan fingerprint density at radius 2 is 2.00 bits per heavy atom. The molecule has 3 rings (SSSR count). The number of aryl methyl sites for hydroxylation is 1. The Morgan fingerprint density at radius 3 is 2.72 bits per heavy atom. The van der Waals surface area contributed by atoms with E-state index in [0.29, 0.717) is 6.42 Å². The van der Waals surface area contributed by atoms with Crippen LogP contribution in [-0.4, -0.2) is 11.7 Å². The number of hydrogen-bond acceptors (Lipinski definition) is 2. The highest BCUT2D eigenvalue weighted by Gasteiger charge is 2.26. The predicted octanol–water partition coefficient (Wildman–Crippen LogP) is 2.94. The van der Waals surface area contributed by atoms with Crippen molar-refractivity contribution >= 4 is 17.4 Å². The summed E-state index contributed by atoms with van der Waals surface area (Å²) in [7, 11) is 0. The summed E-state index contributed by atoms with van der Waals surface area (Å²) < 4.78 is 0. The molecule has 0 saturated heterocycles. The molecule has 1 N–H and O–H groups in total. The number of fused-ring (bicyclic) bond motifs is 1. The number of anilines is 1. The number of carbonyl (C=O) groups is 2. The maximum absolute atomic E-state index is 12.2. The van der Waals surface area contributed by atoms with Crippen LogP contribution in [0.3, 0.4) is 0 Å². The van der Waals surface area contributed by atoms with E-state index in [1.807, 2.05) is 18.2 Å². The monoisotopic (exact) mass is 243 g/mol. The molecule has 1 aromatic rings. The van der Waals surface area contributed by atoms with Gasteiger partial charge in [-0.3, -0.25) is 9.59 Å². The van der Waals surface area contributed by atoms with E-state index in [1.54, 1.807) is 0 Å². The van der Waals surface area contributed by atoms with Crippen molar-refractivity contribution in [2.45, 2.75) is 38.5 Å². The van der Waals surface area contributed by atoms with Crippen molar-refractivity contribution in [2.75, 3.05) is 5.32 Å². The maximum atomic E-state index is 12.2. The highest BCUT2D eigenvalue weighted by molar-refractivity contribution is 6.00. The molecule has 0 radical (unpaired) electrons. The lowest BCUT2D eigenvalue weighted by atomic mass is 9.79. The van der Waals surface area contributed by atoms with Crippen LogP contribution in [0, 0.1) is 5.92 Å². The van der Waals surface area contributed by atoms with E-state index in [9.17, 15) is 9.59 Å². The Kier molecular flexibility index (Phi) is 2.90. The largest absolute Gasteiger partial charge is 0.326 e. The van der Waals surface area contributed by atoms with Crippen molar-refractivity contribution in [3.05, 3.63) is 29.3 Å². The van der Waals surface area contributed by atoms with Crippen molar-refractivity contribution in [1.29, 1.82) is 0 Å². The van der Waals surface area contributed by atoms with Crippen LogP contribution >= 0.6 is 0 Å². The second-order valence-corrected chi connectivity index (χ2v) is 5.27. The molecule has 1 amide bonds. The Balaban J connectivity index is 1.88. The molecule has 3 heteroatoms. The van der Waals surface area contributed by atoms with Gasteiger partial charge in [-0.1, -0.05) is 6.42 Å². The standard InChI is InChI=1S/C15H17NO2/c17-14-6-2-5-11-9-12(7-8-13(11)16-14)15(18)10-3-1-4-10/h7-10H,1-6H2,(H,16,17). The van der Waals surface area contributed by atoms with Gasteiger partial charge < -0.3 is 5.32 Å². The van der Waals surface area contributed by atoms with Crippen LogP contribution in [0.1, 0.15) is 48.0 Å². The van der Waals surface area contributed by atoms with Crippen LogP contribution in [0.15, 0.2) is 18.2 Å². The van der Waals surface area contributed by atoms with E-state index < -0.39 is 0 Å². The average molecular weight is 243 g/mol. The lowest BCUT2D eigenvalue weighted by Crippen LogP contribution is -2.22. The second-order valence-electron chi connectivity index (χ2n) is 5.27. The van der Waals surface area contributed by atoms with Gasteiger partial charge in [0.2, 0.25) is 5.91 Å². The minimum Gasteiger partial charge on any atom is -0.326 e. The summed E-state index contributed by atoms with van der Waals surface area (Å²) in [4.78, 5) is 23.6. The van der Waals surface area contributed by atoms with Crippen molar-refractivity contribution in [1.82, 2.24) is 0 Å². The Hall–Kier alpha value is -1.64. The Bertz CT molecular complexity index is 503. The summed E-state index contributed by atoms with van der Waals surface area (Å²) in [6.07, 6.45) is 5.55. The quantitative estimate of drug-likeness (QED) is 0.812. The zero-order valence-corrected chi connectivity index (χ0v) is 10.4. The lowest BCUT2D eigenvalue weighted by Gasteiger charge is -2.24. The molecule has 0 unspecified atom stereocenters. The number of Topliss-reactive ketones (excluding diaryl/α,β-unsaturated/α-hetero) is 1. The Labute approximate surface area is 107 Å². The molecule has 1 aliphatic carbocycles. The molecule has 1 aliphatic heterocycles. The van der Waals surface area contributed by atoms with Gasteiger partial charge in [0.25, 0.3) is 0 Å². The topological polar surface area (TPSA) is 46.2 Å². The van der Waals surface area contributed by atoms with Crippen LogP contribution in [0.5, 0.6) is 0 Å². The van der Waals surface area contributed by atoms with Gasteiger partial charge in [-0.05, 0) is 49.4 Å². The first kappa shape index (κ1) is 11.5. The molecule has 94 valence electrons. The predicted molar refractivity (Wildman–Crippen MR) is 69.7 cm³/mol. The summed E-state index contributed by atoms with van der Waals surface area (Å²) in [6, 6.07) is 5.71. The number of nitrogens with one attached hydrogen (secondary N) is 1. The zero-order chi connectivity index (χ0) is 12.5. The summed E-state index contributed by atoms with van der Waals surface area (Å²) in [5, 5.41) is 2.90. The summed E-state index contributed by atoms with van der Waals surface area (Å²) >= 11 is 0. The fraction of sp³-hybridized carbons (Fsp3) is 0.467. The molecule has 1 heterocycles. The SMILES string of the molecule is O=C1CCCc2cc(C(=O)C3CCC3)ccc2N1. The highest BCUT2D eigenvalue weighted by atomic mass is 16.1. The van der Waals surface area contributed by atoms with Gasteiger partial charge in [0.05, 0.1) is 0 Å². The Morgan fingerprint density at radius 1 is 1.17 bits per heavy atom. The zero-order valence-electron chi connectivity index (χ0n) is 10.4. The minimum absolute atomic E-state index is 0.0758. The third-order valence-corrected chi connectivity index (χ3v) is 3.99. The van der Waals surface area contributed by atoms with Gasteiger partial charge in [-0.25, -0.2) is 0 Å². The average Bonchev–Trinajstić information content (AvgIpc) is 2.46. The van der Waals surface area contributed by atoms with Crippen LogP contribution in [-0.2, 0) is 11.2 Å². The van der Waals surface area contributed by atoms with E-state index in [0.717, 1.165) is 42.5 Å². The van der Waals surface area contributed by atoms with Gasteiger partial charge in [0.15, 0.2) is 5.78 Å². The second kappa shape index (κ2) is 4.56. The molecule has 1 saturated carbocycles. The molecular formula is C15H17NO2. The van der Waals surface area contributed by atoms with Gasteiger partial charge in [-0.15, -0.1) is 0 Å². The number of amides is 1.